The van der Waals surface area contributed by atoms with E-state index in [0.29, 0.717) is 6.04 Å². The molecule has 1 atom stereocenters. The molecule has 0 aliphatic carbocycles. The highest BCUT2D eigenvalue weighted by molar-refractivity contribution is 5.77. The maximum atomic E-state index is 6.05. The van der Waals surface area contributed by atoms with Crippen LogP contribution in [0.2, 0.25) is 0 Å². The summed E-state index contributed by atoms with van der Waals surface area (Å²) in [5.74, 6) is 2.62. The maximum Gasteiger partial charge on any atom is 0.129 e. The van der Waals surface area contributed by atoms with Gasteiger partial charge in [-0.15, -0.1) is 0 Å². The Labute approximate surface area is 169 Å². The fraction of sp³-hybridized carbons (Fsp3) is 0.304. The van der Waals surface area contributed by atoms with Crippen LogP contribution in [0, 0.1) is 0 Å². The topological polar surface area (TPSA) is 69.8 Å². The summed E-state index contributed by atoms with van der Waals surface area (Å²) in [4.78, 5) is 10.8. The van der Waals surface area contributed by atoms with Crippen molar-refractivity contribution < 1.29 is 4.74 Å². The average molecular weight is 387 g/mol. The van der Waals surface area contributed by atoms with Crippen molar-refractivity contribution in [3.63, 3.8) is 0 Å². The molecule has 0 spiro atoms. The minimum Gasteiger partial charge on any atom is -0.457 e. The van der Waals surface area contributed by atoms with Crippen molar-refractivity contribution in [3.05, 3.63) is 60.6 Å². The molecule has 4 aromatic rings. The third kappa shape index (κ3) is 3.89. The van der Waals surface area contributed by atoms with Crippen LogP contribution in [0.5, 0.6) is 11.5 Å². The van der Waals surface area contributed by atoms with Crippen LogP contribution in [0.4, 0.5) is 0 Å². The summed E-state index contributed by atoms with van der Waals surface area (Å²) < 4.78 is 6.05. The third-order valence-electron chi connectivity index (χ3n) is 5.70. The Morgan fingerprint density at radius 3 is 2.72 bits per heavy atom. The molecular weight excluding hydrogens is 362 g/mol. The van der Waals surface area contributed by atoms with Gasteiger partial charge in [0.1, 0.15) is 17.3 Å². The van der Waals surface area contributed by atoms with Crippen molar-refractivity contribution in [3.8, 4) is 22.8 Å². The van der Waals surface area contributed by atoms with E-state index in [1.54, 1.807) is 6.20 Å². The first kappa shape index (κ1) is 17.9. The van der Waals surface area contributed by atoms with Gasteiger partial charge in [-0.3, -0.25) is 10.00 Å². The van der Waals surface area contributed by atoms with Crippen molar-refractivity contribution in [2.24, 2.45) is 0 Å². The van der Waals surface area contributed by atoms with E-state index in [1.165, 1.54) is 19.3 Å². The van der Waals surface area contributed by atoms with Gasteiger partial charge in [-0.2, -0.15) is 5.10 Å². The molecule has 0 unspecified atom stereocenters. The third-order valence-corrected chi connectivity index (χ3v) is 5.70. The summed E-state index contributed by atoms with van der Waals surface area (Å²) in [5, 5.41) is 6.96. The van der Waals surface area contributed by atoms with Gasteiger partial charge < -0.3 is 9.72 Å². The predicted molar refractivity (Wildman–Crippen MR) is 114 cm³/mol. The fourth-order valence-electron chi connectivity index (χ4n) is 4.02. The first-order chi connectivity index (χ1) is 14.2. The van der Waals surface area contributed by atoms with Crippen LogP contribution in [0.1, 0.15) is 32.0 Å². The maximum absolute atomic E-state index is 6.05. The lowest BCUT2D eigenvalue weighted by Crippen LogP contribution is -2.37. The molecule has 2 aromatic carbocycles. The number of H-pyrrole nitrogens is 2. The highest BCUT2D eigenvalue weighted by Crippen LogP contribution is 2.27. The number of aromatic amines is 2. The Morgan fingerprint density at radius 1 is 1.07 bits per heavy atom. The van der Waals surface area contributed by atoms with Crippen molar-refractivity contribution in [2.45, 2.75) is 38.8 Å². The second-order valence-corrected chi connectivity index (χ2v) is 7.77. The zero-order valence-corrected chi connectivity index (χ0v) is 16.6. The molecule has 6 nitrogen and oxygen atoms in total. The molecule has 29 heavy (non-hydrogen) atoms. The van der Waals surface area contributed by atoms with Crippen LogP contribution >= 0.6 is 0 Å². The lowest BCUT2D eigenvalue weighted by molar-refractivity contribution is 0.149. The van der Waals surface area contributed by atoms with E-state index in [9.17, 15) is 0 Å². The highest BCUT2D eigenvalue weighted by atomic mass is 16.5. The first-order valence-electron chi connectivity index (χ1n) is 10.2. The second-order valence-electron chi connectivity index (χ2n) is 7.77. The number of nitrogens with zero attached hydrogens (tertiary/aromatic N) is 3. The molecule has 5 rings (SSSR count). The van der Waals surface area contributed by atoms with E-state index in [4.69, 9.17) is 9.72 Å². The Bertz CT molecular complexity index is 1080. The van der Waals surface area contributed by atoms with Crippen molar-refractivity contribution in [2.75, 3.05) is 6.54 Å². The van der Waals surface area contributed by atoms with Crippen LogP contribution in [0.15, 0.2) is 54.7 Å². The largest absolute Gasteiger partial charge is 0.457 e. The van der Waals surface area contributed by atoms with Crippen LogP contribution in [0.25, 0.3) is 22.3 Å². The molecule has 0 saturated carbocycles. The number of ether oxygens (including phenoxy) is 1. The molecule has 148 valence electrons. The quantitative estimate of drug-likeness (QED) is 0.499. The van der Waals surface area contributed by atoms with Crippen molar-refractivity contribution >= 4 is 11.0 Å². The lowest BCUT2D eigenvalue weighted by Gasteiger charge is -2.32. The second kappa shape index (κ2) is 7.72. The number of hydrogen-bond donors (Lipinski definition) is 2. The minimum atomic E-state index is 0.626. The zero-order valence-electron chi connectivity index (χ0n) is 16.6. The molecule has 1 saturated heterocycles. The lowest BCUT2D eigenvalue weighted by atomic mass is 10.0. The molecule has 0 radical (unpaired) electrons. The summed E-state index contributed by atoms with van der Waals surface area (Å²) >= 11 is 0. The number of nitrogens with one attached hydrogen (secondary N) is 2. The predicted octanol–water partition coefficient (Wildman–Crippen LogP) is 5.12. The summed E-state index contributed by atoms with van der Waals surface area (Å²) in [6.07, 6.45) is 5.64. The number of likely N-dealkylation sites (tertiary alicyclic amines) is 1. The van der Waals surface area contributed by atoms with Gasteiger partial charge in [0.05, 0.1) is 23.3 Å². The van der Waals surface area contributed by atoms with Gasteiger partial charge in [-0.25, -0.2) is 4.98 Å². The fourth-order valence-corrected chi connectivity index (χ4v) is 4.02. The van der Waals surface area contributed by atoms with Crippen LogP contribution < -0.4 is 4.74 Å². The van der Waals surface area contributed by atoms with Gasteiger partial charge in [0.15, 0.2) is 0 Å². The Hall–Kier alpha value is -3.12. The van der Waals surface area contributed by atoms with Crippen molar-refractivity contribution in [1.82, 2.24) is 25.1 Å². The average Bonchev–Trinajstić information content (AvgIpc) is 3.40. The van der Waals surface area contributed by atoms with E-state index >= 15 is 0 Å². The van der Waals surface area contributed by atoms with Gasteiger partial charge >= 0.3 is 0 Å². The standard InChI is InChI=1S/C23H25N5O/c1-16-4-2-3-13-28(16)15-23-25-21-10-9-19(14-22(21)26-23)29-18-7-5-17(6-8-18)20-11-12-24-27-20/h5-12,14,16H,2-4,13,15H2,1H3,(H,24,27)(H,25,26)/t16-/m0/s1. The van der Waals surface area contributed by atoms with E-state index in [-0.39, 0.29) is 0 Å². The number of aromatic nitrogens is 4. The molecule has 2 aromatic heterocycles. The Morgan fingerprint density at radius 2 is 1.93 bits per heavy atom. The molecular formula is C23H25N5O. The SMILES string of the molecule is C[C@H]1CCCCN1Cc1nc2ccc(Oc3ccc(-c4ccn[nH]4)cc3)cc2[nH]1. The van der Waals surface area contributed by atoms with E-state index < -0.39 is 0 Å². The Balaban J connectivity index is 1.31. The number of rotatable bonds is 5. The smallest absolute Gasteiger partial charge is 0.129 e. The number of benzene rings is 2. The van der Waals surface area contributed by atoms with Gasteiger partial charge in [0, 0.05) is 18.3 Å². The van der Waals surface area contributed by atoms with Gasteiger partial charge in [0.2, 0.25) is 0 Å². The van der Waals surface area contributed by atoms with E-state index in [2.05, 4.69) is 27.0 Å². The van der Waals surface area contributed by atoms with E-state index in [1.807, 2.05) is 48.5 Å². The zero-order chi connectivity index (χ0) is 19.6. The summed E-state index contributed by atoms with van der Waals surface area (Å²) in [7, 11) is 0. The molecule has 2 N–H and O–H groups in total. The van der Waals surface area contributed by atoms with Gasteiger partial charge in [0.25, 0.3) is 0 Å². The van der Waals surface area contributed by atoms with Crippen molar-refractivity contribution in [1.29, 1.82) is 0 Å². The first-order valence-corrected chi connectivity index (χ1v) is 10.2. The number of piperidine rings is 1. The molecule has 0 amide bonds. The number of imidazole rings is 1. The summed E-state index contributed by atoms with van der Waals surface area (Å²) in [6.45, 7) is 4.34. The van der Waals surface area contributed by atoms with Crippen LogP contribution in [-0.4, -0.2) is 37.7 Å². The minimum absolute atomic E-state index is 0.626. The molecule has 1 aliphatic rings. The summed E-state index contributed by atoms with van der Waals surface area (Å²) in [6, 6.07) is 16.6. The van der Waals surface area contributed by atoms with Gasteiger partial charge in [-0.1, -0.05) is 6.42 Å². The Kier molecular flexibility index (Phi) is 4.77. The van der Waals surface area contributed by atoms with Gasteiger partial charge in [-0.05, 0) is 74.3 Å². The molecule has 0 bridgehead atoms. The number of hydrogen-bond acceptors (Lipinski definition) is 4. The monoisotopic (exact) mass is 387 g/mol. The summed E-state index contributed by atoms with van der Waals surface area (Å²) in [5.41, 5.74) is 4.06. The highest BCUT2D eigenvalue weighted by Gasteiger charge is 2.19. The normalized spacial score (nSPS) is 17.6. The molecule has 1 aliphatic heterocycles. The van der Waals surface area contributed by atoms with E-state index in [0.717, 1.165) is 52.7 Å². The molecule has 1 fully saturated rings. The molecule has 6 heteroatoms. The number of fused-ring (bicyclic) bond motifs is 1. The van der Waals surface area contributed by atoms with Crippen LogP contribution in [-0.2, 0) is 6.54 Å². The van der Waals surface area contributed by atoms with Crippen LogP contribution in [0.3, 0.4) is 0 Å². The molecule has 3 heterocycles.